The molecule has 5 nitrogen and oxygen atoms in total. The molecule has 0 radical (unpaired) electrons. The van der Waals surface area contributed by atoms with Crippen LogP contribution >= 0.6 is 24.8 Å². The summed E-state index contributed by atoms with van der Waals surface area (Å²) in [6.07, 6.45) is 8.01. The second kappa shape index (κ2) is 9.42. The quantitative estimate of drug-likeness (QED) is 0.793. The molecule has 3 rings (SSSR count). The van der Waals surface area contributed by atoms with E-state index in [1.807, 2.05) is 0 Å². The van der Waals surface area contributed by atoms with Crippen LogP contribution in [0.5, 0.6) is 0 Å². The first-order valence-electron chi connectivity index (χ1n) is 8.56. The first-order chi connectivity index (χ1) is 10.2. The van der Waals surface area contributed by atoms with E-state index in [1.165, 1.54) is 25.7 Å². The van der Waals surface area contributed by atoms with Crippen molar-refractivity contribution in [1.82, 2.24) is 10.2 Å². The van der Waals surface area contributed by atoms with Gasteiger partial charge in [0.1, 0.15) is 0 Å². The van der Waals surface area contributed by atoms with Gasteiger partial charge < -0.3 is 15.8 Å². The highest BCUT2D eigenvalue weighted by molar-refractivity contribution is 5.85. The Bertz CT molecular complexity index is 372. The van der Waals surface area contributed by atoms with Gasteiger partial charge in [-0.05, 0) is 32.1 Å². The lowest BCUT2D eigenvalue weighted by atomic mass is 9.79. The second-order valence-electron chi connectivity index (χ2n) is 6.99. The molecule has 7 heteroatoms. The molecule has 0 aromatic heterocycles. The van der Waals surface area contributed by atoms with E-state index in [-0.39, 0.29) is 36.1 Å². The van der Waals surface area contributed by atoms with E-state index in [0.717, 1.165) is 38.4 Å². The normalized spacial score (nSPS) is 28.0. The average molecular weight is 368 g/mol. The number of ether oxygens (including phenoxy) is 1. The Labute approximate surface area is 151 Å². The van der Waals surface area contributed by atoms with E-state index in [0.29, 0.717) is 25.8 Å². The molecule has 136 valence electrons. The topological polar surface area (TPSA) is 67.6 Å². The Morgan fingerprint density at radius 3 is 2.43 bits per heavy atom. The molecule has 3 fully saturated rings. The second-order valence-corrected chi connectivity index (χ2v) is 6.99. The molecule has 2 aliphatic heterocycles. The number of nitrogens with two attached hydrogens (primary N) is 1. The van der Waals surface area contributed by atoms with Crippen LogP contribution < -0.4 is 11.1 Å². The Balaban J connectivity index is 0.00000132. The molecule has 1 saturated carbocycles. The summed E-state index contributed by atoms with van der Waals surface area (Å²) in [4.78, 5) is 15.3. The number of carbonyl (C=O) groups is 1. The lowest BCUT2D eigenvalue weighted by Gasteiger charge is -2.35. The van der Waals surface area contributed by atoms with Crippen molar-refractivity contribution >= 4 is 30.7 Å². The summed E-state index contributed by atoms with van der Waals surface area (Å²) in [5.74, 6) is 0.159. The number of rotatable bonds is 4. The Morgan fingerprint density at radius 1 is 1.17 bits per heavy atom. The van der Waals surface area contributed by atoms with Crippen LogP contribution in [0.25, 0.3) is 0 Å². The van der Waals surface area contributed by atoms with E-state index >= 15 is 0 Å². The molecule has 2 heterocycles. The van der Waals surface area contributed by atoms with Crippen molar-refractivity contribution in [2.24, 2.45) is 11.1 Å². The van der Waals surface area contributed by atoms with Crippen LogP contribution in [0.15, 0.2) is 0 Å². The monoisotopic (exact) mass is 367 g/mol. The number of halogens is 2. The summed E-state index contributed by atoms with van der Waals surface area (Å²) < 4.78 is 5.39. The van der Waals surface area contributed by atoms with Crippen molar-refractivity contribution in [1.29, 1.82) is 0 Å². The Morgan fingerprint density at radius 2 is 1.83 bits per heavy atom. The SMILES string of the molecule is Cl.Cl.NCC1(C(=O)NC2CCN(C3CCCC3)C2)CCOCC1. The number of amides is 1. The van der Waals surface area contributed by atoms with Crippen molar-refractivity contribution in [3.63, 3.8) is 0 Å². The van der Waals surface area contributed by atoms with E-state index in [1.54, 1.807) is 0 Å². The maximum atomic E-state index is 12.7. The lowest BCUT2D eigenvalue weighted by Crippen LogP contribution is -2.52. The predicted octanol–water partition coefficient (Wildman–Crippen LogP) is 1.72. The molecule has 1 aliphatic carbocycles. The van der Waals surface area contributed by atoms with Gasteiger partial charge in [-0.3, -0.25) is 9.69 Å². The molecular formula is C16H31Cl2N3O2. The van der Waals surface area contributed by atoms with Crippen molar-refractivity contribution in [2.75, 3.05) is 32.8 Å². The van der Waals surface area contributed by atoms with Gasteiger partial charge in [0.25, 0.3) is 0 Å². The van der Waals surface area contributed by atoms with E-state index in [2.05, 4.69) is 10.2 Å². The molecule has 0 aromatic carbocycles. The largest absolute Gasteiger partial charge is 0.381 e. The molecule has 0 aromatic rings. The van der Waals surface area contributed by atoms with Crippen molar-refractivity contribution < 1.29 is 9.53 Å². The summed E-state index contributed by atoms with van der Waals surface area (Å²) in [5, 5.41) is 3.28. The molecule has 23 heavy (non-hydrogen) atoms. The van der Waals surface area contributed by atoms with Crippen LogP contribution in [-0.2, 0) is 9.53 Å². The number of hydrogen-bond acceptors (Lipinski definition) is 4. The maximum absolute atomic E-state index is 12.7. The van der Waals surface area contributed by atoms with Gasteiger partial charge in [-0.1, -0.05) is 12.8 Å². The van der Waals surface area contributed by atoms with E-state index in [4.69, 9.17) is 10.5 Å². The van der Waals surface area contributed by atoms with Crippen LogP contribution in [0.4, 0.5) is 0 Å². The summed E-state index contributed by atoms with van der Waals surface area (Å²) in [6.45, 7) is 3.90. The standard InChI is InChI=1S/C16H29N3O2.2ClH/c17-12-16(6-9-21-10-7-16)15(20)18-13-5-8-19(11-13)14-3-1-2-4-14;;/h13-14H,1-12,17H2,(H,18,20);2*1H. The fraction of sp³-hybridized carbons (Fsp3) is 0.938. The van der Waals surface area contributed by atoms with E-state index in [9.17, 15) is 4.79 Å². The zero-order valence-electron chi connectivity index (χ0n) is 13.8. The van der Waals surface area contributed by atoms with Crippen LogP contribution in [0.1, 0.15) is 44.9 Å². The highest BCUT2D eigenvalue weighted by atomic mass is 35.5. The number of nitrogens with one attached hydrogen (secondary N) is 1. The molecule has 3 N–H and O–H groups in total. The van der Waals surface area contributed by atoms with Gasteiger partial charge in [0.05, 0.1) is 5.41 Å². The molecule has 1 atom stereocenters. The molecule has 0 spiro atoms. The fourth-order valence-electron chi connectivity index (χ4n) is 4.13. The van der Waals surface area contributed by atoms with Crippen molar-refractivity contribution in [3.8, 4) is 0 Å². The Kier molecular flexibility index (Phi) is 8.59. The molecule has 1 unspecified atom stereocenters. The first-order valence-corrected chi connectivity index (χ1v) is 8.56. The smallest absolute Gasteiger partial charge is 0.227 e. The summed E-state index contributed by atoms with van der Waals surface area (Å²) >= 11 is 0. The van der Waals surface area contributed by atoms with Gasteiger partial charge >= 0.3 is 0 Å². The average Bonchev–Trinajstić information content (AvgIpc) is 3.18. The van der Waals surface area contributed by atoms with Gasteiger partial charge in [-0.25, -0.2) is 0 Å². The van der Waals surface area contributed by atoms with Gasteiger partial charge in [0, 0.05) is 44.9 Å². The fourth-order valence-corrected chi connectivity index (χ4v) is 4.13. The minimum Gasteiger partial charge on any atom is -0.381 e. The number of nitrogens with zero attached hydrogens (tertiary/aromatic N) is 1. The molecule has 1 amide bonds. The minimum atomic E-state index is -0.390. The van der Waals surface area contributed by atoms with Crippen LogP contribution in [0.3, 0.4) is 0 Å². The van der Waals surface area contributed by atoms with Crippen molar-refractivity contribution in [3.05, 3.63) is 0 Å². The first kappa shape index (κ1) is 21.0. The lowest BCUT2D eigenvalue weighted by molar-refractivity contribution is -0.136. The molecule has 2 saturated heterocycles. The van der Waals surface area contributed by atoms with Crippen LogP contribution in [0, 0.1) is 5.41 Å². The van der Waals surface area contributed by atoms with Gasteiger partial charge in [-0.2, -0.15) is 0 Å². The zero-order valence-corrected chi connectivity index (χ0v) is 15.4. The minimum absolute atomic E-state index is 0. The van der Waals surface area contributed by atoms with Gasteiger partial charge in [-0.15, -0.1) is 24.8 Å². The van der Waals surface area contributed by atoms with Gasteiger partial charge in [0.2, 0.25) is 5.91 Å². The van der Waals surface area contributed by atoms with Crippen LogP contribution in [-0.4, -0.2) is 55.7 Å². The van der Waals surface area contributed by atoms with E-state index < -0.39 is 0 Å². The molecule has 0 bridgehead atoms. The molecule has 3 aliphatic rings. The predicted molar refractivity (Wildman–Crippen MR) is 96.4 cm³/mol. The highest BCUT2D eigenvalue weighted by Crippen LogP contribution is 2.31. The zero-order chi connectivity index (χ0) is 14.7. The third-order valence-corrected chi connectivity index (χ3v) is 5.72. The summed E-state index contributed by atoms with van der Waals surface area (Å²) in [6, 6.07) is 1.07. The summed E-state index contributed by atoms with van der Waals surface area (Å²) in [5.41, 5.74) is 5.52. The van der Waals surface area contributed by atoms with Gasteiger partial charge in [0.15, 0.2) is 0 Å². The third kappa shape index (κ3) is 4.73. The number of hydrogen-bond donors (Lipinski definition) is 2. The Hall–Kier alpha value is -0.0700. The highest BCUT2D eigenvalue weighted by Gasteiger charge is 2.40. The number of likely N-dealkylation sites (tertiary alicyclic amines) is 1. The van der Waals surface area contributed by atoms with Crippen molar-refractivity contribution in [2.45, 2.75) is 57.0 Å². The third-order valence-electron chi connectivity index (χ3n) is 5.72. The summed E-state index contributed by atoms with van der Waals surface area (Å²) in [7, 11) is 0. The van der Waals surface area contributed by atoms with Crippen LogP contribution in [0.2, 0.25) is 0 Å². The molecular weight excluding hydrogens is 337 g/mol. The maximum Gasteiger partial charge on any atom is 0.227 e. The number of carbonyl (C=O) groups excluding carboxylic acids is 1.